The summed E-state index contributed by atoms with van der Waals surface area (Å²) >= 11 is 7.97. The van der Waals surface area contributed by atoms with Crippen LogP contribution in [0.2, 0.25) is 5.02 Å². The Balaban J connectivity index is 1.34. The molecule has 28 heavy (non-hydrogen) atoms. The van der Waals surface area contributed by atoms with Gasteiger partial charge in [0.1, 0.15) is 5.82 Å². The van der Waals surface area contributed by atoms with Crippen molar-refractivity contribution in [2.75, 3.05) is 59.7 Å². The predicted octanol–water partition coefficient (Wildman–Crippen LogP) is 4.10. The Hall–Kier alpha value is -1.66. The largest absolute Gasteiger partial charge is 0.368 e. The van der Waals surface area contributed by atoms with E-state index in [1.165, 1.54) is 41.4 Å². The summed E-state index contributed by atoms with van der Waals surface area (Å²) in [5.41, 5.74) is 2.50. The molecule has 7 heteroatoms. The van der Waals surface area contributed by atoms with E-state index in [1.807, 2.05) is 23.9 Å². The molecule has 0 amide bonds. The Kier molecular flexibility index (Phi) is 5.24. The minimum Gasteiger partial charge on any atom is -0.368 e. The van der Waals surface area contributed by atoms with E-state index in [-0.39, 0.29) is 0 Å². The standard InChI is InChI=1S/C21H26ClN5S/c22-16-4-6-17(7-5-16)25-11-13-27(14-12-25)21-23-18-8-15-28-19(18)20(24-21)26-9-2-1-3-10-26/h4-7H,1-3,8-15H2. The summed E-state index contributed by atoms with van der Waals surface area (Å²) in [5.74, 6) is 3.26. The third-order valence-corrected chi connectivity index (χ3v) is 7.27. The minimum absolute atomic E-state index is 0.789. The zero-order chi connectivity index (χ0) is 18.9. The summed E-state index contributed by atoms with van der Waals surface area (Å²) in [6.07, 6.45) is 4.97. The summed E-state index contributed by atoms with van der Waals surface area (Å²) in [5, 5.41) is 0.789. The minimum atomic E-state index is 0.789. The summed E-state index contributed by atoms with van der Waals surface area (Å²) in [6.45, 7) is 6.13. The van der Waals surface area contributed by atoms with E-state index in [0.29, 0.717) is 0 Å². The van der Waals surface area contributed by atoms with Crippen molar-refractivity contribution in [1.29, 1.82) is 0 Å². The molecule has 0 saturated carbocycles. The van der Waals surface area contributed by atoms with Crippen LogP contribution in [-0.2, 0) is 6.42 Å². The number of anilines is 3. The molecule has 1 aromatic heterocycles. The molecule has 0 N–H and O–H groups in total. The summed E-state index contributed by atoms with van der Waals surface area (Å²) in [6, 6.07) is 8.15. The molecule has 0 radical (unpaired) electrons. The predicted molar refractivity (Wildman–Crippen MR) is 118 cm³/mol. The van der Waals surface area contributed by atoms with Gasteiger partial charge in [0.2, 0.25) is 5.95 Å². The van der Waals surface area contributed by atoms with Crippen molar-refractivity contribution in [3.8, 4) is 0 Å². The maximum atomic E-state index is 6.03. The first-order chi connectivity index (χ1) is 13.8. The molecule has 0 aliphatic carbocycles. The maximum absolute atomic E-state index is 6.03. The molecule has 2 fully saturated rings. The number of aryl methyl sites for hydroxylation is 1. The second kappa shape index (κ2) is 7.99. The van der Waals surface area contributed by atoms with E-state index < -0.39 is 0 Å². The van der Waals surface area contributed by atoms with E-state index in [0.717, 1.165) is 62.4 Å². The molecular weight excluding hydrogens is 390 g/mol. The lowest BCUT2D eigenvalue weighted by molar-refractivity contribution is 0.567. The molecule has 0 bridgehead atoms. The van der Waals surface area contributed by atoms with Gasteiger partial charge in [0.25, 0.3) is 0 Å². The number of hydrogen-bond acceptors (Lipinski definition) is 6. The molecule has 3 aliphatic heterocycles. The summed E-state index contributed by atoms with van der Waals surface area (Å²) in [4.78, 5) is 18.7. The van der Waals surface area contributed by atoms with Crippen molar-refractivity contribution in [2.24, 2.45) is 0 Å². The molecule has 0 spiro atoms. The van der Waals surface area contributed by atoms with Crippen LogP contribution in [0.1, 0.15) is 25.0 Å². The molecule has 1 aromatic carbocycles. The van der Waals surface area contributed by atoms with Crippen LogP contribution in [0.5, 0.6) is 0 Å². The zero-order valence-electron chi connectivity index (χ0n) is 16.1. The number of piperidine rings is 1. The van der Waals surface area contributed by atoms with Crippen LogP contribution >= 0.6 is 23.4 Å². The molecule has 148 valence electrons. The lowest BCUT2D eigenvalue weighted by atomic mass is 10.1. The van der Waals surface area contributed by atoms with Crippen molar-refractivity contribution < 1.29 is 0 Å². The SMILES string of the molecule is Clc1ccc(N2CCN(c3nc4c(c(N5CCCCC5)n3)SCC4)CC2)cc1. The van der Waals surface area contributed by atoms with E-state index in [4.69, 9.17) is 21.6 Å². The van der Waals surface area contributed by atoms with Crippen molar-refractivity contribution >= 4 is 40.8 Å². The number of fused-ring (bicyclic) bond motifs is 1. The smallest absolute Gasteiger partial charge is 0.227 e. The number of rotatable bonds is 3. The average molecular weight is 416 g/mol. The lowest BCUT2D eigenvalue weighted by Crippen LogP contribution is -2.47. The van der Waals surface area contributed by atoms with Gasteiger partial charge in [-0.25, -0.2) is 4.98 Å². The summed E-state index contributed by atoms with van der Waals surface area (Å²) < 4.78 is 0. The van der Waals surface area contributed by atoms with E-state index >= 15 is 0 Å². The second-order valence-electron chi connectivity index (χ2n) is 7.72. The number of halogens is 1. The van der Waals surface area contributed by atoms with Gasteiger partial charge in [-0.3, -0.25) is 0 Å². The Morgan fingerprint density at radius 1 is 0.786 bits per heavy atom. The van der Waals surface area contributed by atoms with Crippen LogP contribution in [0.4, 0.5) is 17.5 Å². The van der Waals surface area contributed by atoms with Crippen LogP contribution in [-0.4, -0.2) is 55.0 Å². The fraction of sp³-hybridized carbons (Fsp3) is 0.524. The topological polar surface area (TPSA) is 35.5 Å². The summed E-state index contributed by atoms with van der Waals surface area (Å²) in [7, 11) is 0. The number of piperazine rings is 1. The molecule has 5 rings (SSSR count). The van der Waals surface area contributed by atoms with E-state index in [9.17, 15) is 0 Å². The van der Waals surface area contributed by atoms with Crippen molar-refractivity contribution in [3.05, 3.63) is 35.0 Å². The van der Waals surface area contributed by atoms with Crippen LogP contribution in [0.3, 0.4) is 0 Å². The van der Waals surface area contributed by atoms with Crippen LogP contribution in [0.25, 0.3) is 0 Å². The van der Waals surface area contributed by atoms with Gasteiger partial charge in [0.05, 0.1) is 10.6 Å². The monoisotopic (exact) mass is 415 g/mol. The molecule has 0 atom stereocenters. The number of nitrogens with zero attached hydrogens (tertiary/aromatic N) is 5. The van der Waals surface area contributed by atoms with Gasteiger partial charge in [0.15, 0.2) is 0 Å². The third kappa shape index (κ3) is 3.64. The molecular formula is C21H26ClN5S. The molecule has 5 nitrogen and oxygen atoms in total. The molecule has 4 heterocycles. The Morgan fingerprint density at radius 2 is 1.50 bits per heavy atom. The van der Waals surface area contributed by atoms with Gasteiger partial charge in [-0.2, -0.15) is 4.98 Å². The van der Waals surface area contributed by atoms with Gasteiger partial charge in [0, 0.05) is 62.2 Å². The highest BCUT2D eigenvalue weighted by atomic mass is 35.5. The maximum Gasteiger partial charge on any atom is 0.227 e. The highest BCUT2D eigenvalue weighted by Crippen LogP contribution is 2.39. The number of benzene rings is 1. The Morgan fingerprint density at radius 3 is 2.25 bits per heavy atom. The second-order valence-corrected chi connectivity index (χ2v) is 9.26. The van der Waals surface area contributed by atoms with Crippen LogP contribution < -0.4 is 14.7 Å². The zero-order valence-corrected chi connectivity index (χ0v) is 17.7. The number of aromatic nitrogens is 2. The van der Waals surface area contributed by atoms with Gasteiger partial charge < -0.3 is 14.7 Å². The first-order valence-electron chi connectivity index (χ1n) is 10.3. The third-order valence-electron chi connectivity index (χ3n) is 5.90. The first-order valence-corrected chi connectivity index (χ1v) is 11.7. The van der Waals surface area contributed by atoms with Gasteiger partial charge in [-0.1, -0.05) is 11.6 Å². The van der Waals surface area contributed by atoms with Crippen molar-refractivity contribution in [1.82, 2.24) is 9.97 Å². The van der Waals surface area contributed by atoms with E-state index in [2.05, 4.69) is 26.8 Å². The highest BCUT2D eigenvalue weighted by molar-refractivity contribution is 7.99. The van der Waals surface area contributed by atoms with Gasteiger partial charge in [-0.15, -0.1) is 11.8 Å². The fourth-order valence-electron chi connectivity index (χ4n) is 4.32. The quantitative estimate of drug-likeness (QED) is 0.751. The van der Waals surface area contributed by atoms with Crippen LogP contribution in [0.15, 0.2) is 29.2 Å². The van der Waals surface area contributed by atoms with Crippen molar-refractivity contribution in [3.63, 3.8) is 0 Å². The molecule has 2 aromatic rings. The highest BCUT2D eigenvalue weighted by Gasteiger charge is 2.27. The Bertz CT molecular complexity index is 829. The normalized spacial score (nSPS) is 19.8. The first kappa shape index (κ1) is 18.4. The van der Waals surface area contributed by atoms with Gasteiger partial charge in [-0.05, 0) is 43.5 Å². The van der Waals surface area contributed by atoms with Crippen LogP contribution in [0, 0.1) is 0 Å². The molecule has 2 saturated heterocycles. The lowest BCUT2D eigenvalue weighted by Gasteiger charge is -2.37. The average Bonchev–Trinajstić information content (AvgIpc) is 3.23. The Labute approximate surface area is 176 Å². The van der Waals surface area contributed by atoms with Gasteiger partial charge >= 0.3 is 0 Å². The van der Waals surface area contributed by atoms with Crippen molar-refractivity contribution in [2.45, 2.75) is 30.6 Å². The van der Waals surface area contributed by atoms with E-state index in [1.54, 1.807) is 0 Å². The molecule has 3 aliphatic rings. The number of hydrogen-bond donors (Lipinski definition) is 0. The number of thioether (sulfide) groups is 1. The fourth-order valence-corrected chi connectivity index (χ4v) is 5.56. The molecule has 0 unspecified atom stereocenters.